The van der Waals surface area contributed by atoms with Crippen LogP contribution in [0.5, 0.6) is 0 Å². The lowest BCUT2D eigenvalue weighted by atomic mass is 10.2. The van der Waals surface area contributed by atoms with Crippen LogP contribution in [0.1, 0.15) is 21.8 Å². The molecule has 0 saturated carbocycles. The van der Waals surface area contributed by atoms with Gasteiger partial charge in [-0.05, 0) is 43.7 Å². The first-order valence-electron chi connectivity index (χ1n) is 9.53. The summed E-state index contributed by atoms with van der Waals surface area (Å²) in [6.07, 6.45) is 0.383. The van der Waals surface area contributed by atoms with Crippen molar-refractivity contribution in [2.24, 2.45) is 0 Å². The van der Waals surface area contributed by atoms with Crippen molar-refractivity contribution in [1.29, 1.82) is 0 Å². The van der Waals surface area contributed by atoms with E-state index in [1.165, 1.54) is 24.1 Å². The molecule has 1 aliphatic heterocycles. The van der Waals surface area contributed by atoms with Gasteiger partial charge < -0.3 is 9.64 Å². The number of amides is 1. The van der Waals surface area contributed by atoms with Gasteiger partial charge in [0, 0.05) is 18.5 Å². The van der Waals surface area contributed by atoms with Gasteiger partial charge in [0.2, 0.25) is 0 Å². The molecule has 1 fully saturated rings. The first kappa shape index (κ1) is 21.4. The largest absolute Gasteiger partial charge is 0.451 e. The Balaban J connectivity index is 1.46. The van der Waals surface area contributed by atoms with Crippen LogP contribution in [0.4, 0.5) is 4.39 Å². The predicted molar refractivity (Wildman–Crippen MR) is 114 cm³/mol. The summed E-state index contributed by atoms with van der Waals surface area (Å²) >= 11 is 1.16. The summed E-state index contributed by atoms with van der Waals surface area (Å²) in [5.41, 5.74) is 1.36. The zero-order chi connectivity index (χ0) is 22.3. The molecule has 1 atom stereocenters. The highest BCUT2D eigenvalue weighted by Gasteiger charge is 2.33. The van der Waals surface area contributed by atoms with Crippen molar-refractivity contribution < 1.29 is 27.1 Å². The topological polar surface area (TPSA) is 98.6 Å². The van der Waals surface area contributed by atoms with Gasteiger partial charge in [-0.1, -0.05) is 0 Å². The SMILES string of the molecule is Cc1nn(-c2ccc(F)cc2)c2sc(C(=O)OCC(=O)N(C)[C@@H]3CCS(=O)(=O)C3)cc12. The van der Waals surface area contributed by atoms with E-state index in [1.54, 1.807) is 29.8 Å². The summed E-state index contributed by atoms with van der Waals surface area (Å²) < 4.78 is 43.2. The third-order valence-corrected chi connectivity index (χ3v) is 8.13. The quantitative estimate of drug-likeness (QED) is 0.537. The minimum absolute atomic E-state index is 0.0568. The number of rotatable bonds is 5. The fraction of sp³-hybridized carbons (Fsp3) is 0.350. The van der Waals surface area contributed by atoms with E-state index in [9.17, 15) is 22.4 Å². The minimum atomic E-state index is -3.12. The zero-order valence-electron chi connectivity index (χ0n) is 16.9. The number of nitrogens with zero attached hydrogens (tertiary/aromatic N) is 3. The van der Waals surface area contributed by atoms with Crippen molar-refractivity contribution in [3.8, 4) is 5.69 Å². The molecule has 1 aliphatic rings. The van der Waals surface area contributed by atoms with Gasteiger partial charge in [-0.3, -0.25) is 4.79 Å². The normalized spacial score (nSPS) is 17.7. The fourth-order valence-electron chi connectivity index (χ4n) is 3.49. The molecule has 0 N–H and O–H groups in total. The highest BCUT2D eigenvalue weighted by molar-refractivity contribution is 7.91. The number of aryl methyl sites for hydroxylation is 1. The Morgan fingerprint density at radius 3 is 2.68 bits per heavy atom. The number of ether oxygens (including phenoxy) is 1. The summed E-state index contributed by atoms with van der Waals surface area (Å²) in [5, 5.41) is 5.21. The zero-order valence-corrected chi connectivity index (χ0v) is 18.5. The van der Waals surface area contributed by atoms with E-state index in [0.717, 1.165) is 16.7 Å². The Kier molecular flexibility index (Phi) is 5.56. The van der Waals surface area contributed by atoms with E-state index in [4.69, 9.17) is 4.74 Å². The molecule has 0 spiro atoms. The minimum Gasteiger partial charge on any atom is -0.451 e. The highest BCUT2D eigenvalue weighted by Crippen LogP contribution is 2.31. The van der Waals surface area contributed by atoms with Crippen LogP contribution in [-0.2, 0) is 19.4 Å². The number of carbonyl (C=O) groups is 2. The van der Waals surface area contributed by atoms with Crippen molar-refractivity contribution in [3.05, 3.63) is 46.7 Å². The standard InChI is InChI=1S/C20H20FN3O5S2/c1-12-16-9-17(30-19(16)24(22-12)14-5-3-13(21)4-6-14)20(26)29-10-18(25)23(2)15-7-8-31(27,28)11-15/h3-6,9,15H,7-8,10-11H2,1-2H3/t15-/m1/s1. The highest BCUT2D eigenvalue weighted by atomic mass is 32.2. The molecule has 0 bridgehead atoms. The van der Waals surface area contributed by atoms with Crippen molar-refractivity contribution in [2.45, 2.75) is 19.4 Å². The van der Waals surface area contributed by atoms with Crippen molar-refractivity contribution in [2.75, 3.05) is 25.2 Å². The number of hydrogen-bond acceptors (Lipinski definition) is 7. The molecule has 1 saturated heterocycles. The van der Waals surface area contributed by atoms with E-state index in [1.807, 2.05) is 0 Å². The van der Waals surface area contributed by atoms with Crippen molar-refractivity contribution in [1.82, 2.24) is 14.7 Å². The van der Waals surface area contributed by atoms with Gasteiger partial charge in [0.25, 0.3) is 5.91 Å². The van der Waals surface area contributed by atoms with Crippen LogP contribution < -0.4 is 0 Å². The molecule has 0 aliphatic carbocycles. The summed E-state index contributed by atoms with van der Waals surface area (Å²) in [7, 11) is -1.60. The van der Waals surface area contributed by atoms with Crippen LogP contribution in [0, 0.1) is 12.7 Å². The molecular formula is C20H20FN3O5S2. The molecule has 1 amide bonds. The van der Waals surface area contributed by atoms with E-state index in [0.29, 0.717) is 27.5 Å². The Morgan fingerprint density at radius 1 is 1.32 bits per heavy atom. The van der Waals surface area contributed by atoms with Crippen molar-refractivity contribution in [3.63, 3.8) is 0 Å². The number of esters is 1. The number of benzene rings is 1. The summed E-state index contributed by atoms with van der Waals surface area (Å²) in [6.45, 7) is 1.33. The van der Waals surface area contributed by atoms with Gasteiger partial charge in [-0.25, -0.2) is 22.3 Å². The van der Waals surface area contributed by atoms with Crippen LogP contribution in [0.2, 0.25) is 0 Å². The van der Waals surface area contributed by atoms with Gasteiger partial charge in [0.1, 0.15) is 15.5 Å². The molecule has 11 heteroatoms. The lowest BCUT2D eigenvalue weighted by Gasteiger charge is -2.23. The second-order valence-electron chi connectivity index (χ2n) is 7.44. The van der Waals surface area contributed by atoms with Gasteiger partial charge in [0.05, 0.1) is 22.9 Å². The van der Waals surface area contributed by atoms with Crippen LogP contribution in [0.3, 0.4) is 0 Å². The molecule has 0 radical (unpaired) electrons. The number of hydrogen-bond donors (Lipinski definition) is 0. The molecular weight excluding hydrogens is 445 g/mol. The maximum atomic E-state index is 13.2. The predicted octanol–water partition coefficient (Wildman–Crippen LogP) is 2.34. The Labute approximate surface area is 182 Å². The van der Waals surface area contributed by atoms with Crippen LogP contribution in [0.15, 0.2) is 30.3 Å². The Bertz CT molecular complexity index is 1260. The number of sulfone groups is 1. The Hall–Kier alpha value is -2.79. The van der Waals surface area contributed by atoms with Crippen LogP contribution in [-0.4, -0.2) is 66.2 Å². The number of thiophene rings is 1. The Morgan fingerprint density at radius 2 is 2.03 bits per heavy atom. The van der Waals surface area contributed by atoms with E-state index in [-0.39, 0.29) is 17.3 Å². The average molecular weight is 466 g/mol. The maximum absolute atomic E-state index is 13.2. The molecule has 3 aromatic rings. The lowest BCUT2D eigenvalue weighted by molar-refractivity contribution is -0.134. The van der Waals surface area contributed by atoms with E-state index < -0.39 is 34.4 Å². The molecule has 1 aromatic carbocycles. The molecule has 31 heavy (non-hydrogen) atoms. The lowest BCUT2D eigenvalue weighted by Crippen LogP contribution is -2.40. The first-order chi connectivity index (χ1) is 14.6. The number of likely N-dealkylation sites (N-methyl/N-ethyl adjacent to an activating group) is 1. The second kappa shape index (κ2) is 8.04. The first-order valence-corrected chi connectivity index (χ1v) is 12.2. The van der Waals surface area contributed by atoms with Gasteiger partial charge in [-0.2, -0.15) is 5.10 Å². The number of aromatic nitrogens is 2. The molecule has 164 valence electrons. The maximum Gasteiger partial charge on any atom is 0.348 e. The number of fused-ring (bicyclic) bond motifs is 1. The van der Waals surface area contributed by atoms with Gasteiger partial charge in [0.15, 0.2) is 16.4 Å². The second-order valence-corrected chi connectivity index (χ2v) is 10.7. The summed E-state index contributed by atoms with van der Waals surface area (Å²) in [5.74, 6) is -1.47. The monoisotopic (exact) mass is 465 g/mol. The van der Waals surface area contributed by atoms with Crippen LogP contribution in [0.25, 0.3) is 15.9 Å². The molecule has 4 rings (SSSR count). The fourth-order valence-corrected chi connectivity index (χ4v) is 6.34. The van der Waals surface area contributed by atoms with Crippen LogP contribution >= 0.6 is 11.3 Å². The molecule has 2 aromatic heterocycles. The van der Waals surface area contributed by atoms with Crippen molar-refractivity contribution >= 4 is 43.3 Å². The van der Waals surface area contributed by atoms with Gasteiger partial charge in [-0.15, -0.1) is 11.3 Å². The summed E-state index contributed by atoms with van der Waals surface area (Å²) in [4.78, 5) is 27.2. The summed E-state index contributed by atoms with van der Waals surface area (Å²) in [6, 6.07) is 7.11. The van der Waals surface area contributed by atoms with E-state index >= 15 is 0 Å². The smallest absolute Gasteiger partial charge is 0.348 e. The third kappa shape index (κ3) is 4.33. The molecule has 8 nitrogen and oxygen atoms in total. The van der Waals surface area contributed by atoms with E-state index in [2.05, 4.69) is 5.10 Å². The average Bonchev–Trinajstić information content (AvgIpc) is 3.40. The molecule has 3 heterocycles. The third-order valence-electron chi connectivity index (χ3n) is 5.29. The number of carbonyl (C=O) groups excluding carboxylic acids is 2. The number of halogens is 1. The van der Waals surface area contributed by atoms with Gasteiger partial charge >= 0.3 is 5.97 Å². The molecule has 0 unspecified atom stereocenters.